The summed E-state index contributed by atoms with van der Waals surface area (Å²) in [5, 5.41) is 9.58. The number of allylic oxidation sites excluding steroid dienone is 1. The fourth-order valence-electron chi connectivity index (χ4n) is 2.46. The van der Waals surface area contributed by atoms with Gasteiger partial charge in [-0.25, -0.2) is 0 Å². The van der Waals surface area contributed by atoms with Gasteiger partial charge in [0.05, 0.1) is 12.7 Å². The molecule has 0 aromatic rings. The van der Waals surface area contributed by atoms with Crippen LogP contribution in [0.25, 0.3) is 0 Å². The lowest BCUT2D eigenvalue weighted by Crippen LogP contribution is -2.04. The second-order valence-corrected chi connectivity index (χ2v) is 6.31. The Hall–Kier alpha value is 0.0900. The first-order valence-corrected chi connectivity index (χ1v) is 9.44. The number of aliphatic hydroxyl groups excluding tert-OH is 1. The Kier molecular flexibility index (Phi) is 18.2. The second-order valence-electron chi connectivity index (χ2n) is 5.98. The van der Waals surface area contributed by atoms with E-state index < -0.39 is 0 Å². The lowest BCUT2D eigenvalue weighted by Gasteiger charge is -2.04. The first-order valence-electron chi connectivity index (χ1n) is 8.97. The van der Waals surface area contributed by atoms with E-state index in [4.69, 9.17) is 4.52 Å². The van der Waals surface area contributed by atoms with Crippen LogP contribution in [0.4, 0.5) is 0 Å². The quantitative estimate of drug-likeness (QED) is 0.221. The third-order valence-corrected chi connectivity index (χ3v) is 4.10. The van der Waals surface area contributed by atoms with Crippen molar-refractivity contribution in [3.05, 3.63) is 12.2 Å². The van der Waals surface area contributed by atoms with Gasteiger partial charge in [0.2, 0.25) is 0 Å². The van der Waals surface area contributed by atoms with E-state index in [1.165, 1.54) is 70.6 Å². The highest BCUT2D eigenvalue weighted by atomic mass is 31.0. The van der Waals surface area contributed by atoms with Crippen LogP contribution in [0.3, 0.4) is 0 Å². The van der Waals surface area contributed by atoms with Gasteiger partial charge in [0.25, 0.3) is 0 Å². The molecule has 2 unspecified atom stereocenters. The molecule has 1 N–H and O–H groups in total. The minimum atomic E-state index is -0.349. The monoisotopic (exact) mass is 316 g/mol. The molecule has 0 rings (SSSR count). The zero-order valence-corrected chi connectivity index (χ0v) is 15.2. The number of hydrogen-bond acceptors (Lipinski definition) is 2. The second kappa shape index (κ2) is 18.1. The van der Waals surface area contributed by atoms with E-state index in [0.717, 1.165) is 6.42 Å². The van der Waals surface area contributed by atoms with Gasteiger partial charge < -0.3 is 9.63 Å². The van der Waals surface area contributed by atoms with E-state index in [-0.39, 0.29) is 6.10 Å². The van der Waals surface area contributed by atoms with E-state index in [0.29, 0.717) is 13.0 Å². The molecule has 0 radical (unpaired) electrons. The molecule has 0 aliphatic heterocycles. The van der Waals surface area contributed by atoms with E-state index in [1.807, 2.05) is 6.08 Å². The largest absolute Gasteiger partial charge is 0.389 e. The number of unbranched alkanes of at least 4 members (excludes halogenated alkanes) is 11. The van der Waals surface area contributed by atoms with Crippen molar-refractivity contribution in [3.63, 3.8) is 0 Å². The van der Waals surface area contributed by atoms with Crippen LogP contribution in [0.1, 0.15) is 90.4 Å². The number of rotatable bonds is 16. The van der Waals surface area contributed by atoms with Crippen LogP contribution in [0.15, 0.2) is 12.2 Å². The molecule has 2 nitrogen and oxygen atoms in total. The van der Waals surface area contributed by atoms with Crippen LogP contribution in [0, 0.1) is 0 Å². The highest BCUT2D eigenvalue weighted by molar-refractivity contribution is 7.09. The van der Waals surface area contributed by atoms with E-state index in [9.17, 15) is 5.11 Å². The summed E-state index contributed by atoms with van der Waals surface area (Å²) in [5.41, 5.74) is 0. The van der Waals surface area contributed by atoms with Gasteiger partial charge in [-0.05, 0) is 12.8 Å². The van der Waals surface area contributed by atoms with Gasteiger partial charge in [0.15, 0.2) is 0 Å². The molecule has 0 aliphatic carbocycles. The molecule has 0 heterocycles. The summed E-state index contributed by atoms with van der Waals surface area (Å²) in [6.07, 6.45) is 20.7. The molecule has 0 fully saturated rings. The molecule has 0 saturated heterocycles. The molecule has 0 aromatic carbocycles. The molecule has 0 saturated carbocycles. The van der Waals surface area contributed by atoms with Crippen LogP contribution < -0.4 is 0 Å². The molecular formula is C18H37O2P. The van der Waals surface area contributed by atoms with Gasteiger partial charge >= 0.3 is 0 Å². The fraction of sp³-hybridized carbons (Fsp3) is 0.889. The molecule has 126 valence electrons. The molecule has 0 amide bonds. The summed E-state index contributed by atoms with van der Waals surface area (Å²) in [6.45, 7) is 2.86. The van der Waals surface area contributed by atoms with Gasteiger partial charge in [0.1, 0.15) is 0 Å². The Morgan fingerprint density at radius 2 is 1.43 bits per heavy atom. The van der Waals surface area contributed by atoms with Gasteiger partial charge in [-0.1, -0.05) is 83.3 Å². The first-order chi connectivity index (χ1) is 10.3. The molecule has 0 spiro atoms. The van der Waals surface area contributed by atoms with Crippen molar-refractivity contribution < 1.29 is 9.63 Å². The summed E-state index contributed by atoms with van der Waals surface area (Å²) in [4.78, 5) is 0. The maximum absolute atomic E-state index is 9.58. The van der Waals surface area contributed by atoms with Crippen molar-refractivity contribution in [1.82, 2.24) is 0 Å². The Balaban J connectivity index is 3.13. The average Bonchev–Trinajstić information content (AvgIpc) is 2.49. The summed E-state index contributed by atoms with van der Waals surface area (Å²) >= 11 is 0. The molecular weight excluding hydrogens is 279 g/mol. The smallest absolute Gasteiger partial charge is 0.0743 e. The van der Waals surface area contributed by atoms with Crippen LogP contribution in [-0.4, -0.2) is 17.8 Å². The van der Waals surface area contributed by atoms with E-state index in [1.54, 1.807) is 0 Å². The summed E-state index contributed by atoms with van der Waals surface area (Å²) in [6, 6.07) is 0. The zero-order chi connectivity index (χ0) is 15.6. The van der Waals surface area contributed by atoms with Gasteiger partial charge in [0, 0.05) is 15.9 Å². The predicted molar refractivity (Wildman–Crippen MR) is 96.5 cm³/mol. The Bertz CT molecular complexity index is 219. The highest BCUT2D eigenvalue weighted by Crippen LogP contribution is 2.12. The lowest BCUT2D eigenvalue weighted by molar-refractivity contribution is 0.186. The zero-order valence-electron chi connectivity index (χ0n) is 14.1. The topological polar surface area (TPSA) is 29.5 Å². The van der Waals surface area contributed by atoms with Gasteiger partial charge in [-0.15, -0.1) is 0 Å². The Morgan fingerprint density at radius 3 is 1.95 bits per heavy atom. The summed E-state index contributed by atoms with van der Waals surface area (Å²) < 4.78 is 4.85. The average molecular weight is 316 g/mol. The van der Waals surface area contributed by atoms with E-state index in [2.05, 4.69) is 22.5 Å². The third-order valence-electron chi connectivity index (χ3n) is 3.86. The minimum absolute atomic E-state index is 0.349. The normalized spacial score (nSPS) is 13.1. The maximum Gasteiger partial charge on any atom is 0.0743 e. The molecule has 2 atom stereocenters. The standard InChI is InChI=1S/C18H37O2P/c1-2-3-4-5-6-7-8-9-10-11-12-13-14-15-18(19)16-17-20-21/h14-15,18-19H,2-13,16-17,21H2,1H3/b15-14+. The van der Waals surface area contributed by atoms with Crippen molar-refractivity contribution in [2.24, 2.45) is 0 Å². The van der Waals surface area contributed by atoms with Crippen LogP contribution in [-0.2, 0) is 4.52 Å². The van der Waals surface area contributed by atoms with E-state index >= 15 is 0 Å². The van der Waals surface area contributed by atoms with Crippen molar-refractivity contribution in [2.75, 3.05) is 6.61 Å². The highest BCUT2D eigenvalue weighted by Gasteiger charge is 1.97. The van der Waals surface area contributed by atoms with Crippen molar-refractivity contribution >= 4 is 9.47 Å². The fourth-order valence-corrected chi connectivity index (χ4v) is 2.60. The predicted octanol–water partition coefficient (Wildman–Crippen LogP) is 5.80. The van der Waals surface area contributed by atoms with Gasteiger partial charge in [-0.2, -0.15) is 0 Å². The van der Waals surface area contributed by atoms with Crippen LogP contribution in [0.5, 0.6) is 0 Å². The number of hydrogen-bond donors (Lipinski definition) is 1. The summed E-state index contributed by atoms with van der Waals surface area (Å²) in [7, 11) is 2.21. The summed E-state index contributed by atoms with van der Waals surface area (Å²) in [5.74, 6) is 0. The van der Waals surface area contributed by atoms with Crippen molar-refractivity contribution in [3.8, 4) is 0 Å². The SMILES string of the molecule is CCCCCCCCCCCCC/C=C/C(O)CCOP. The maximum atomic E-state index is 9.58. The molecule has 3 heteroatoms. The Labute approximate surface area is 135 Å². The first kappa shape index (κ1) is 21.1. The molecule has 0 aromatic heterocycles. The minimum Gasteiger partial charge on any atom is -0.389 e. The van der Waals surface area contributed by atoms with Crippen molar-refractivity contribution in [1.29, 1.82) is 0 Å². The number of aliphatic hydroxyl groups is 1. The lowest BCUT2D eigenvalue weighted by atomic mass is 10.1. The molecule has 21 heavy (non-hydrogen) atoms. The third kappa shape index (κ3) is 18.0. The Morgan fingerprint density at radius 1 is 0.905 bits per heavy atom. The van der Waals surface area contributed by atoms with Crippen molar-refractivity contribution in [2.45, 2.75) is 96.5 Å². The molecule has 0 bridgehead atoms. The van der Waals surface area contributed by atoms with Crippen LogP contribution in [0.2, 0.25) is 0 Å². The molecule has 0 aliphatic rings. The van der Waals surface area contributed by atoms with Gasteiger partial charge in [-0.3, -0.25) is 0 Å². The van der Waals surface area contributed by atoms with Crippen LogP contribution >= 0.6 is 9.47 Å².